The van der Waals surface area contributed by atoms with Crippen molar-refractivity contribution < 1.29 is 24.5 Å². The number of carbonyl (C=O) groups is 2. The minimum atomic E-state index is -2.36. The monoisotopic (exact) mass is 471 g/mol. The minimum Gasteiger partial charge on any atom is -0.383 e. The van der Waals surface area contributed by atoms with Gasteiger partial charge in [0.2, 0.25) is 0 Å². The van der Waals surface area contributed by atoms with Gasteiger partial charge in [-0.2, -0.15) is 4.98 Å². The van der Waals surface area contributed by atoms with Gasteiger partial charge in [0, 0.05) is 6.20 Å². The van der Waals surface area contributed by atoms with E-state index in [1.807, 2.05) is 22.6 Å². The zero-order valence-corrected chi connectivity index (χ0v) is 15.6. The van der Waals surface area contributed by atoms with Gasteiger partial charge in [0.05, 0.1) is 3.57 Å². The highest BCUT2D eigenvalue weighted by Gasteiger charge is 2.62. The summed E-state index contributed by atoms with van der Waals surface area (Å²) in [5, 5.41) is 19.2. The van der Waals surface area contributed by atoms with Gasteiger partial charge in [-0.05, 0) is 36.4 Å². The molecule has 1 aliphatic rings. The first-order valence-corrected chi connectivity index (χ1v) is 8.29. The number of ketones is 2. The third kappa shape index (κ3) is 2.96. The van der Waals surface area contributed by atoms with Crippen molar-refractivity contribution >= 4 is 51.6 Å². The average Bonchev–Trinajstić information content (AvgIpc) is 2.76. The summed E-state index contributed by atoms with van der Waals surface area (Å²) in [5.74, 6) is -1.52. The maximum Gasteiger partial charge on any atom is 0.351 e. The van der Waals surface area contributed by atoms with Crippen LogP contribution in [0.2, 0.25) is 0 Å². The number of carbonyl (C=O) groups excluding carboxylic acids is 2. The van der Waals surface area contributed by atoms with E-state index in [2.05, 4.69) is 4.98 Å². The van der Waals surface area contributed by atoms with Crippen LogP contribution >= 0.6 is 34.2 Å². The van der Waals surface area contributed by atoms with E-state index in [4.69, 9.17) is 22.1 Å². The molecular weight excluding hydrogens is 457 g/mol. The minimum absolute atomic E-state index is 0.00289. The summed E-state index contributed by atoms with van der Waals surface area (Å²) in [6.07, 6.45) is -3.44. The number of nitrogen functional groups attached to an aromatic ring is 1. The van der Waals surface area contributed by atoms with Gasteiger partial charge in [-0.15, -0.1) is 11.6 Å². The summed E-state index contributed by atoms with van der Waals surface area (Å²) in [7, 11) is 0. The number of nitrogens with zero attached hydrogens (tertiary/aromatic N) is 2. The second kappa shape index (κ2) is 6.67. The van der Waals surface area contributed by atoms with Crippen LogP contribution in [-0.2, 0) is 14.3 Å². The van der Waals surface area contributed by atoms with Crippen molar-refractivity contribution in [2.75, 3.05) is 5.73 Å². The van der Waals surface area contributed by atoms with E-state index in [0.29, 0.717) is 3.57 Å². The van der Waals surface area contributed by atoms with Crippen LogP contribution in [-0.4, -0.2) is 54.5 Å². The molecule has 1 aromatic rings. The van der Waals surface area contributed by atoms with E-state index >= 15 is 0 Å². The lowest BCUT2D eigenvalue weighted by Crippen LogP contribution is -2.56. The molecule has 4 N–H and O–H groups in total. The summed E-state index contributed by atoms with van der Waals surface area (Å²) in [6.45, 7) is 2.12. The van der Waals surface area contributed by atoms with Crippen LogP contribution in [0.1, 0.15) is 20.1 Å². The topological polar surface area (TPSA) is 145 Å². The molecule has 0 aliphatic carbocycles. The third-order valence-electron chi connectivity index (χ3n) is 3.87. The molecule has 132 valence electrons. The number of aromatic nitrogens is 2. The lowest BCUT2D eigenvalue weighted by Gasteiger charge is -2.29. The van der Waals surface area contributed by atoms with Crippen LogP contribution in [0.4, 0.5) is 5.82 Å². The fourth-order valence-electron chi connectivity index (χ4n) is 2.47. The Hall–Kier alpha value is -1.08. The van der Waals surface area contributed by atoms with Gasteiger partial charge in [0.15, 0.2) is 23.4 Å². The molecule has 11 heteroatoms. The number of halogens is 2. The highest BCUT2D eigenvalue weighted by Crippen LogP contribution is 2.42. The van der Waals surface area contributed by atoms with Crippen LogP contribution in [0.3, 0.4) is 0 Å². The first-order valence-electron chi connectivity index (χ1n) is 6.77. The molecule has 1 aliphatic heterocycles. The first kappa shape index (κ1) is 19.2. The SMILES string of the molecule is CC(=O)C(O)[C@H]1O[C@@H](n2cc(I)c(N)nc2=O)[C@H](Cl)[C@@]1(O)C(C)=O. The fraction of sp³-hybridized carbons (Fsp3) is 0.538. The Bertz CT molecular complexity index is 756. The highest BCUT2D eigenvalue weighted by atomic mass is 127. The molecule has 1 aromatic heterocycles. The number of nitrogens with two attached hydrogens (primary N) is 1. The largest absolute Gasteiger partial charge is 0.383 e. The van der Waals surface area contributed by atoms with Gasteiger partial charge in [0.25, 0.3) is 0 Å². The summed E-state index contributed by atoms with van der Waals surface area (Å²) in [4.78, 5) is 39.0. The average molecular weight is 472 g/mol. The molecule has 24 heavy (non-hydrogen) atoms. The molecule has 1 saturated heterocycles. The number of hydrogen-bond acceptors (Lipinski definition) is 8. The van der Waals surface area contributed by atoms with Gasteiger partial charge in [-0.3, -0.25) is 14.2 Å². The molecule has 0 bridgehead atoms. The van der Waals surface area contributed by atoms with Gasteiger partial charge < -0.3 is 20.7 Å². The standard InChI is InChI=1S/C13H15ClIN3O6/c1-4(19)7(21)9-13(23,5(2)20)8(14)11(24-9)18-3-6(15)10(16)17-12(18)22/h3,7-9,11,21,23H,1-2H3,(H2,16,17,22)/t7?,8-,9+,11+,13-/m0/s1. The van der Waals surface area contributed by atoms with Crippen molar-refractivity contribution in [3.63, 3.8) is 0 Å². The summed E-state index contributed by atoms with van der Waals surface area (Å²) in [5.41, 5.74) is 2.38. The molecule has 1 fully saturated rings. The molecule has 5 atom stereocenters. The van der Waals surface area contributed by atoms with Crippen LogP contribution < -0.4 is 11.4 Å². The Morgan fingerprint density at radius 2 is 2.12 bits per heavy atom. The third-order valence-corrected chi connectivity index (χ3v) is 5.25. The van der Waals surface area contributed by atoms with E-state index in [1.165, 1.54) is 6.20 Å². The van der Waals surface area contributed by atoms with Gasteiger partial charge in [-0.1, -0.05) is 0 Å². The molecule has 0 saturated carbocycles. The van der Waals surface area contributed by atoms with Crippen molar-refractivity contribution in [3.05, 3.63) is 20.3 Å². The molecule has 9 nitrogen and oxygen atoms in total. The zero-order chi connectivity index (χ0) is 18.4. The van der Waals surface area contributed by atoms with Gasteiger partial charge >= 0.3 is 5.69 Å². The highest BCUT2D eigenvalue weighted by molar-refractivity contribution is 14.1. The van der Waals surface area contributed by atoms with Crippen LogP contribution in [0.25, 0.3) is 0 Å². The summed E-state index contributed by atoms with van der Waals surface area (Å²) in [6, 6.07) is 0. The number of alkyl halides is 1. The summed E-state index contributed by atoms with van der Waals surface area (Å²) >= 11 is 8.02. The Labute approximate surface area is 154 Å². The second-order valence-electron chi connectivity index (χ2n) is 5.45. The number of aliphatic hydroxyl groups excluding tert-OH is 1. The number of aliphatic hydroxyl groups is 2. The van der Waals surface area contributed by atoms with E-state index < -0.39 is 46.7 Å². The molecular formula is C13H15ClIN3O6. The van der Waals surface area contributed by atoms with Crippen molar-refractivity contribution in [3.8, 4) is 0 Å². The molecule has 0 radical (unpaired) electrons. The predicted molar refractivity (Wildman–Crippen MR) is 91.5 cm³/mol. The van der Waals surface area contributed by atoms with Crippen LogP contribution in [0.15, 0.2) is 11.0 Å². The van der Waals surface area contributed by atoms with Crippen LogP contribution in [0, 0.1) is 3.57 Å². The van der Waals surface area contributed by atoms with E-state index in [-0.39, 0.29) is 5.82 Å². The van der Waals surface area contributed by atoms with E-state index in [9.17, 15) is 24.6 Å². The van der Waals surface area contributed by atoms with Crippen molar-refractivity contribution in [1.29, 1.82) is 0 Å². The van der Waals surface area contributed by atoms with Crippen molar-refractivity contribution in [1.82, 2.24) is 9.55 Å². The molecule has 0 amide bonds. The molecule has 1 unspecified atom stereocenters. The van der Waals surface area contributed by atoms with Gasteiger partial charge in [-0.25, -0.2) is 4.79 Å². The van der Waals surface area contributed by atoms with Crippen molar-refractivity contribution in [2.45, 2.75) is 43.3 Å². The molecule has 0 aromatic carbocycles. The lowest BCUT2D eigenvalue weighted by atomic mass is 9.86. The fourth-order valence-corrected chi connectivity index (χ4v) is 3.35. The normalized spacial score (nSPS) is 31.0. The Balaban J connectivity index is 2.55. The zero-order valence-electron chi connectivity index (χ0n) is 12.6. The lowest BCUT2D eigenvalue weighted by molar-refractivity contribution is -0.158. The number of rotatable bonds is 4. The van der Waals surface area contributed by atoms with Crippen molar-refractivity contribution in [2.24, 2.45) is 0 Å². The molecule has 0 spiro atoms. The predicted octanol–water partition coefficient (Wildman–Crippen LogP) is -0.795. The molecule has 2 rings (SSSR count). The number of anilines is 1. The number of Topliss-reactive ketones (excluding diaryl/α,β-unsaturated/α-hetero) is 2. The van der Waals surface area contributed by atoms with Crippen LogP contribution in [0.5, 0.6) is 0 Å². The summed E-state index contributed by atoms with van der Waals surface area (Å²) < 4.78 is 6.81. The Kier molecular flexibility index (Phi) is 5.35. The first-order chi connectivity index (χ1) is 11.0. The maximum absolute atomic E-state index is 12.0. The Morgan fingerprint density at radius 3 is 2.62 bits per heavy atom. The second-order valence-corrected chi connectivity index (χ2v) is 7.08. The van der Waals surface area contributed by atoms with E-state index in [0.717, 1.165) is 18.4 Å². The quantitative estimate of drug-likeness (QED) is 0.382. The number of ether oxygens (including phenoxy) is 1. The number of hydrogen-bond donors (Lipinski definition) is 3. The maximum atomic E-state index is 12.0. The smallest absolute Gasteiger partial charge is 0.351 e. The molecule has 2 heterocycles. The Morgan fingerprint density at radius 1 is 1.54 bits per heavy atom. The van der Waals surface area contributed by atoms with Gasteiger partial charge in [0.1, 0.15) is 23.4 Å². The van der Waals surface area contributed by atoms with E-state index in [1.54, 1.807) is 0 Å².